The van der Waals surface area contributed by atoms with Gasteiger partial charge in [0, 0.05) is 24.4 Å². The molecular formula is C18H18N6O5. The lowest BCUT2D eigenvalue weighted by atomic mass is 10.1. The molecule has 150 valence electrons. The second-order valence-corrected chi connectivity index (χ2v) is 5.87. The van der Waals surface area contributed by atoms with Crippen LogP contribution in [0, 0.1) is 10.1 Å². The predicted molar refractivity (Wildman–Crippen MR) is 103 cm³/mol. The SMILES string of the molecule is CCOc1cc([N+](=O)[O-])c(C(=O)Nc2cccc(-c3nnnn3C)c2)cc1OC. The first-order valence-electron chi connectivity index (χ1n) is 8.58. The quantitative estimate of drug-likeness (QED) is 0.474. The van der Waals surface area contributed by atoms with E-state index in [-0.39, 0.29) is 22.7 Å². The molecule has 29 heavy (non-hydrogen) atoms. The minimum Gasteiger partial charge on any atom is -0.493 e. The molecule has 0 aliphatic rings. The van der Waals surface area contributed by atoms with Crippen molar-refractivity contribution in [3.05, 3.63) is 52.1 Å². The van der Waals surface area contributed by atoms with E-state index in [0.717, 1.165) is 0 Å². The fraction of sp³-hybridized carbons (Fsp3) is 0.222. The Balaban J connectivity index is 1.95. The molecule has 0 spiro atoms. The van der Waals surface area contributed by atoms with Crippen LogP contribution < -0.4 is 14.8 Å². The Bertz CT molecular complexity index is 1060. The molecule has 0 saturated heterocycles. The minimum absolute atomic E-state index is 0.152. The van der Waals surface area contributed by atoms with Crippen molar-refractivity contribution < 1.29 is 19.2 Å². The van der Waals surface area contributed by atoms with Crippen LogP contribution in [0.15, 0.2) is 36.4 Å². The molecule has 0 aliphatic carbocycles. The lowest BCUT2D eigenvalue weighted by Gasteiger charge is -2.12. The predicted octanol–water partition coefficient (Wildman–Crippen LogP) is 2.44. The van der Waals surface area contributed by atoms with E-state index in [2.05, 4.69) is 20.8 Å². The van der Waals surface area contributed by atoms with Gasteiger partial charge >= 0.3 is 0 Å². The average molecular weight is 398 g/mol. The molecule has 0 atom stereocenters. The van der Waals surface area contributed by atoms with Crippen molar-refractivity contribution in [2.75, 3.05) is 19.0 Å². The van der Waals surface area contributed by atoms with Gasteiger partial charge in [0.2, 0.25) is 0 Å². The van der Waals surface area contributed by atoms with Crippen LogP contribution in [0.2, 0.25) is 0 Å². The molecule has 3 aromatic rings. The van der Waals surface area contributed by atoms with Crippen molar-refractivity contribution >= 4 is 17.3 Å². The monoisotopic (exact) mass is 398 g/mol. The van der Waals surface area contributed by atoms with E-state index in [0.29, 0.717) is 23.7 Å². The smallest absolute Gasteiger partial charge is 0.286 e. The van der Waals surface area contributed by atoms with Crippen LogP contribution in [0.25, 0.3) is 11.4 Å². The zero-order chi connectivity index (χ0) is 21.0. The number of anilines is 1. The fourth-order valence-corrected chi connectivity index (χ4v) is 2.72. The highest BCUT2D eigenvalue weighted by Gasteiger charge is 2.25. The molecule has 1 aromatic heterocycles. The molecule has 0 fully saturated rings. The van der Waals surface area contributed by atoms with Crippen LogP contribution in [-0.4, -0.2) is 44.8 Å². The van der Waals surface area contributed by atoms with Crippen LogP contribution >= 0.6 is 0 Å². The first kappa shape index (κ1) is 19.7. The number of amides is 1. The zero-order valence-electron chi connectivity index (χ0n) is 15.9. The molecule has 1 heterocycles. The Hall–Kier alpha value is -4.02. The number of benzene rings is 2. The first-order chi connectivity index (χ1) is 13.9. The van der Waals surface area contributed by atoms with Crippen molar-refractivity contribution in [1.82, 2.24) is 20.2 Å². The van der Waals surface area contributed by atoms with E-state index in [4.69, 9.17) is 9.47 Å². The Morgan fingerprint density at radius 3 is 2.69 bits per heavy atom. The second kappa shape index (κ2) is 8.33. The van der Waals surface area contributed by atoms with Crippen molar-refractivity contribution in [2.45, 2.75) is 6.92 Å². The average Bonchev–Trinajstić information content (AvgIpc) is 3.14. The molecule has 1 amide bonds. The molecule has 2 aromatic carbocycles. The van der Waals surface area contributed by atoms with E-state index in [1.807, 2.05) is 0 Å². The van der Waals surface area contributed by atoms with Crippen LogP contribution in [0.4, 0.5) is 11.4 Å². The highest BCUT2D eigenvalue weighted by atomic mass is 16.6. The summed E-state index contributed by atoms with van der Waals surface area (Å²) in [6, 6.07) is 9.29. The van der Waals surface area contributed by atoms with Gasteiger partial charge in [0.05, 0.1) is 24.7 Å². The fourth-order valence-electron chi connectivity index (χ4n) is 2.72. The van der Waals surface area contributed by atoms with Gasteiger partial charge in [0.1, 0.15) is 5.56 Å². The highest BCUT2D eigenvalue weighted by molar-refractivity contribution is 6.07. The topological polar surface area (TPSA) is 134 Å². The standard InChI is InChI=1S/C18H18N6O5/c1-4-29-16-10-14(24(26)27)13(9-15(16)28-3)18(25)19-12-7-5-6-11(8-12)17-20-21-22-23(17)2/h5-10H,4H2,1-3H3,(H,19,25). The van der Waals surface area contributed by atoms with Gasteiger partial charge in [0.15, 0.2) is 17.3 Å². The Morgan fingerprint density at radius 2 is 2.07 bits per heavy atom. The number of nitro groups is 1. The number of methoxy groups -OCH3 is 1. The summed E-state index contributed by atoms with van der Waals surface area (Å²) in [6.45, 7) is 2.04. The van der Waals surface area contributed by atoms with Crippen molar-refractivity contribution in [3.8, 4) is 22.9 Å². The van der Waals surface area contributed by atoms with E-state index in [1.165, 1.54) is 23.9 Å². The third-order valence-corrected chi connectivity index (χ3v) is 4.02. The van der Waals surface area contributed by atoms with Crippen molar-refractivity contribution in [1.29, 1.82) is 0 Å². The molecule has 0 radical (unpaired) electrons. The Morgan fingerprint density at radius 1 is 1.28 bits per heavy atom. The Labute approximate surface area is 165 Å². The van der Waals surface area contributed by atoms with Gasteiger partial charge in [-0.25, -0.2) is 4.68 Å². The number of nitrogens with one attached hydrogen (secondary N) is 1. The van der Waals surface area contributed by atoms with Gasteiger partial charge in [-0.3, -0.25) is 14.9 Å². The van der Waals surface area contributed by atoms with Crippen LogP contribution in [-0.2, 0) is 7.05 Å². The highest BCUT2D eigenvalue weighted by Crippen LogP contribution is 2.35. The number of nitrogens with zero attached hydrogens (tertiary/aromatic N) is 5. The third-order valence-electron chi connectivity index (χ3n) is 4.02. The summed E-state index contributed by atoms with van der Waals surface area (Å²) in [5.41, 5.74) is 0.563. The maximum absolute atomic E-state index is 12.8. The molecule has 11 nitrogen and oxygen atoms in total. The first-order valence-corrected chi connectivity index (χ1v) is 8.58. The third kappa shape index (κ3) is 4.13. The number of ether oxygens (including phenoxy) is 2. The van der Waals surface area contributed by atoms with E-state index < -0.39 is 10.8 Å². The lowest BCUT2D eigenvalue weighted by Crippen LogP contribution is -2.14. The van der Waals surface area contributed by atoms with E-state index >= 15 is 0 Å². The van der Waals surface area contributed by atoms with Gasteiger partial charge in [-0.2, -0.15) is 0 Å². The number of aryl methyl sites for hydroxylation is 1. The zero-order valence-corrected chi connectivity index (χ0v) is 15.9. The largest absolute Gasteiger partial charge is 0.493 e. The summed E-state index contributed by atoms with van der Waals surface area (Å²) in [5.74, 6) is 0.262. The molecule has 0 unspecified atom stereocenters. The maximum atomic E-state index is 12.8. The summed E-state index contributed by atoms with van der Waals surface area (Å²) in [4.78, 5) is 23.6. The summed E-state index contributed by atoms with van der Waals surface area (Å²) in [5, 5.41) is 25.4. The number of tetrazole rings is 1. The minimum atomic E-state index is -0.661. The number of hydrogen-bond donors (Lipinski definition) is 1. The normalized spacial score (nSPS) is 10.4. The van der Waals surface area contributed by atoms with Crippen LogP contribution in [0.5, 0.6) is 11.5 Å². The molecule has 0 aliphatic heterocycles. The second-order valence-electron chi connectivity index (χ2n) is 5.87. The molecule has 1 N–H and O–H groups in total. The van der Waals surface area contributed by atoms with Crippen LogP contribution in [0.1, 0.15) is 17.3 Å². The summed E-state index contributed by atoms with van der Waals surface area (Å²) in [7, 11) is 3.08. The number of aromatic nitrogens is 4. The van der Waals surface area contributed by atoms with E-state index in [9.17, 15) is 14.9 Å². The van der Waals surface area contributed by atoms with Gasteiger partial charge in [0.25, 0.3) is 11.6 Å². The summed E-state index contributed by atoms with van der Waals surface area (Å²) >= 11 is 0. The summed E-state index contributed by atoms with van der Waals surface area (Å²) in [6.07, 6.45) is 0. The lowest BCUT2D eigenvalue weighted by molar-refractivity contribution is -0.385. The molecular weight excluding hydrogens is 380 g/mol. The molecule has 3 rings (SSSR count). The van der Waals surface area contributed by atoms with Crippen LogP contribution in [0.3, 0.4) is 0 Å². The maximum Gasteiger partial charge on any atom is 0.286 e. The number of rotatable bonds is 7. The van der Waals surface area contributed by atoms with Gasteiger partial charge < -0.3 is 14.8 Å². The van der Waals surface area contributed by atoms with Crippen molar-refractivity contribution in [3.63, 3.8) is 0 Å². The van der Waals surface area contributed by atoms with E-state index in [1.54, 1.807) is 38.2 Å². The number of carbonyl (C=O) groups is 1. The number of hydrogen-bond acceptors (Lipinski definition) is 8. The molecule has 0 saturated carbocycles. The molecule has 0 bridgehead atoms. The number of carbonyl (C=O) groups excluding carboxylic acids is 1. The van der Waals surface area contributed by atoms with Gasteiger partial charge in [-0.15, -0.1) is 5.10 Å². The summed E-state index contributed by atoms with van der Waals surface area (Å²) < 4.78 is 12.0. The Kier molecular flexibility index (Phi) is 5.67. The molecule has 11 heteroatoms. The number of nitro benzene ring substituents is 1. The van der Waals surface area contributed by atoms with Crippen molar-refractivity contribution in [2.24, 2.45) is 7.05 Å². The van der Waals surface area contributed by atoms with Gasteiger partial charge in [-0.1, -0.05) is 12.1 Å². The van der Waals surface area contributed by atoms with Gasteiger partial charge in [-0.05, 0) is 29.5 Å².